The Hall–Kier alpha value is -1.72. The van der Waals surface area contributed by atoms with Crippen LogP contribution in [0.5, 0.6) is 0 Å². The van der Waals surface area contributed by atoms with Crippen LogP contribution in [0.2, 0.25) is 0 Å². The normalized spacial score (nSPS) is 11.1. The Balaban J connectivity index is 1.97. The third-order valence-corrected chi connectivity index (χ3v) is 2.75. The Bertz CT molecular complexity index is 469. The van der Waals surface area contributed by atoms with Gasteiger partial charge < -0.3 is 10.3 Å². The fourth-order valence-corrected chi connectivity index (χ4v) is 1.76. The maximum absolute atomic E-state index is 5.44. The van der Waals surface area contributed by atoms with Crippen LogP contribution in [0.4, 0.5) is 0 Å². The van der Waals surface area contributed by atoms with Gasteiger partial charge in [-0.25, -0.2) is 0 Å². The molecule has 0 unspecified atom stereocenters. The van der Waals surface area contributed by atoms with Crippen molar-refractivity contribution in [2.75, 3.05) is 6.54 Å². The zero-order chi connectivity index (χ0) is 12.8. The van der Waals surface area contributed by atoms with Gasteiger partial charge in [0.1, 0.15) is 0 Å². The molecule has 0 amide bonds. The molecule has 0 bridgehead atoms. The molecule has 5 nitrogen and oxygen atoms in total. The lowest BCUT2D eigenvalue weighted by Crippen LogP contribution is -2.23. The van der Waals surface area contributed by atoms with E-state index in [0.29, 0.717) is 18.3 Å². The van der Waals surface area contributed by atoms with Crippen molar-refractivity contribution in [2.45, 2.75) is 26.6 Å². The Morgan fingerprint density at radius 1 is 1.22 bits per heavy atom. The van der Waals surface area contributed by atoms with E-state index in [1.54, 1.807) is 0 Å². The van der Waals surface area contributed by atoms with Gasteiger partial charge in [0, 0.05) is 6.54 Å². The number of rotatable bonds is 6. The van der Waals surface area contributed by atoms with E-state index in [2.05, 4.69) is 34.1 Å². The van der Waals surface area contributed by atoms with E-state index in [-0.39, 0.29) is 6.54 Å². The maximum atomic E-state index is 5.44. The Morgan fingerprint density at radius 2 is 2.00 bits per heavy atom. The first-order chi connectivity index (χ1) is 8.81. The summed E-state index contributed by atoms with van der Waals surface area (Å²) < 4.78 is 5.00. The lowest BCUT2D eigenvalue weighted by Gasteiger charge is -2.18. The van der Waals surface area contributed by atoms with Crippen LogP contribution in [0.1, 0.15) is 24.2 Å². The second kappa shape index (κ2) is 6.28. The molecule has 5 heteroatoms. The Kier molecular flexibility index (Phi) is 4.44. The van der Waals surface area contributed by atoms with Gasteiger partial charge in [0.2, 0.25) is 5.89 Å². The van der Waals surface area contributed by atoms with Crippen LogP contribution in [-0.4, -0.2) is 21.6 Å². The van der Waals surface area contributed by atoms with Gasteiger partial charge in [-0.3, -0.25) is 4.90 Å². The van der Waals surface area contributed by atoms with Gasteiger partial charge in [0.15, 0.2) is 5.82 Å². The molecule has 0 atom stereocenters. The van der Waals surface area contributed by atoms with Crippen molar-refractivity contribution in [1.82, 2.24) is 15.0 Å². The van der Waals surface area contributed by atoms with Gasteiger partial charge in [-0.1, -0.05) is 42.4 Å². The van der Waals surface area contributed by atoms with Gasteiger partial charge in [-0.05, 0) is 12.1 Å². The fourth-order valence-electron chi connectivity index (χ4n) is 1.76. The van der Waals surface area contributed by atoms with Crippen molar-refractivity contribution in [3.05, 3.63) is 47.6 Å². The lowest BCUT2D eigenvalue weighted by molar-refractivity contribution is 0.258. The molecular weight excluding hydrogens is 228 g/mol. The van der Waals surface area contributed by atoms with Crippen molar-refractivity contribution in [3.8, 4) is 0 Å². The zero-order valence-electron chi connectivity index (χ0n) is 10.5. The van der Waals surface area contributed by atoms with Crippen molar-refractivity contribution in [3.63, 3.8) is 0 Å². The molecule has 1 aromatic heterocycles. The summed E-state index contributed by atoms with van der Waals surface area (Å²) in [5.41, 5.74) is 6.72. The van der Waals surface area contributed by atoms with Gasteiger partial charge >= 0.3 is 0 Å². The van der Waals surface area contributed by atoms with Crippen LogP contribution in [0.15, 0.2) is 34.9 Å². The number of aromatic nitrogens is 2. The standard InChI is InChI=1S/C13H18N4O/c1-2-17(9-11-6-4-3-5-7-11)10-12-15-13(8-14)18-16-12/h3-7H,2,8-10,14H2,1H3. The van der Waals surface area contributed by atoms with Crippen LogP contribution in [0, 0.1) is 0 Å². The highest BCUT2D eigenvalue weighted by Crippen LogP contribution is 2.07. The Labute approximate surface area is 107 Å². The molecule has 0 saturated carbocycles. The third-order valence-electron chi connectivity index (χ3n) is 2.75. The van der Waals surface area contributed by atoms with E-state index in [4.69, 9.17) is 10.3 Å². The molecule has 2 rings (SSSR count). The van der Waals surface area contributed by atoms with E-state index in [0.717, 1.165) is 13.1 Å². The molecule has 0 aliphatic rings. The largest absolute Gasteiger partial charge is 0.338 e. The summed E-state index contributed by atoms with van der Waals surface area (Å²) in [5.74, 6) is 1.17. The van der Waals surface area contributed by atoms with Crippen molar-refractivity contribution in [2.24, 2.45) is 5.73 Å². The predicted molar refractivity (Wildman–Crippen MR) is 68.4 cm³/mol. The number of hydrogen-bond acceptors (Lipinski definition) is 5. The highest BCUT2D eigenvalue weighted by molar-refractivity contribution is 5.14. The van der Waals surface area contributed by atoms with Crippen LogP contribution in [0.25, 0.3) is 0 Å². The monoisotopic (exact) mass is 246 g/mol. The fraction of sp³-hybridized carbons (Fsp3) is 0.385. The van der Waals surface area contributed by atoms with Crippen LogP contribution < -0.4 is 5.73 Å². The summed E-state index contributed by atoms with van der Waals surface area (Å²) in [7, 11) is 0. The quantitative estimate of drug-likeness (QED) is 0.837. The average Bonchev–Trinajstić information content (AvgIpc) is 2.87. The van der Waals surface area contributed by atoms with E-state index in [1.807, 2.05) is 18.2 Å². The minimum Gasteiger partial charge on any atom is -0.338 e. The summed E-state index contributed by atoms with van der Waals surface area (Å²) in [6.07, 6.45) is 0. The van der Waals surface area contributed by atoms with Gasteiger partial charge in [0.05, 0.1) is 13.1 Å². The van der Waals surface area contributed by atoms with Crippen molar-refractivity contribution in [1.29, 1.82) is 0 Å². The predicted octanol–water partition coefficient (Wildman–Crippen LogP) is 1.55. The summed E-state index contributed by atoms with van der Waals surface area (Å²) in [5, 5.41) is 3.91. The minimum absolute atomic E-state index is 0.289. The van der Waals surface area contributed by atoms with Crippen molar-refractivity contribution >= 4 is 0 Å². The highest BCUT2D eigenvalue weighted by atomic mass is 16.5. The smallest absolute Gasteiger partial charge is 0.240 e. The molecule has 1 aromatic carbocycles. The molecule has 2 aromatic rings. The summed E-state index contributed by atoms with van der Waals surface area (Å²) in [6, 6.07) is 10.3. The Morgan fingerprint density at radius 3 is 2.61 bits per heavy atom. The van der Waals surface area contributed by atoms with E-state index >= 15 is 0 Å². The molecule has 1 heterocycles. The molecule has 96 valence electrons. The molecule has 18 heavy (non-hydrogen) atoms. The molecule has 0 radical (unpaired) electrons. The SMILES string of the molecule is CCN(Cc1ccccc1)Cc1noc(CN)n1. The second-order valence-corrected chi connectivity index (χ2v) is 4.10. The van der Waals surface area contributed by atoms with Crippen LogP contribution in [-0.2, 0) is 19.6 Å². The number of hydrogen-bond donors (Lipinski definition) is 1. The lowest BCUT2D eigenvalue weighted by atomic mass is 10.2. The number of nitrogens with zero attached hydrogens (tertiary/aromatic N) is 3. The summed E-state index contributed by atoms with van der Waals surface area (Å²) in [6.45, 7) is 4.89. The van der Waals surface area contributed by atoms with E-state index in [1.165, 1.54) is 5.56 Å². The molecule has 0 fully saturated rings. The molecular formula is C13H18N4O. The van der Waals surface area contributed by atoms with Crippen molar-refractivity contribution < 1.29 is 4.52 Å². The first-order valence-corrected chi connectivity index (χ1v) is 6.09. The van der Waals surface area contributed by atoms with Gasteiger partial charge in [-0.15, -0.1) is 0 Å². The molecule has 0 spiro atoms. The first-order valence-electron chi connectivity index (χ1n) is 6.09. The molecule has 0 saturated heterocycles. The summed E-state index contributed by atoms with van der Waals surface area (Å²) in [4.78, 5) is 6.46. The third kappa shape index (κ3) is 3.38. The molecule has 0 aliphatic heterocycles. The first kappa shape index (κ1) is 12.7. The number of nitrogens with two attached hydrogens (primary N) is 1. The van der Waals surface area contributed by atoms with Crippen LogP contribution >= 0.6 is 0 Å². The second-order valence-electron chi connectivity index (χ2n) is 4.10. The van der Waals surface area contributed by atoms with E-state index < -0.39 is 0 Å². The van der Waals surface area contributed by atoms with Gasteiger partial charge in [0.25, 0.3) is 0 Å². The summed E-state index contributed by atoms with van der Waals surface area (Å²) >= 11 is 0. The van der Waals surface area contributed by atoms with E-state index in [9.17, 15) is 0 Å². The average molecular weight is 246 g/mol. The maximum Gasteiger partial charge on any atom is 0.240 e. The number of benzene rings is 1. The van der Waals surface area contributed by atoms with Gasteiger partial charge in [-0.2, -0.15) is 4.98 Å². The topological polar surface area (TPSA) is 68.2 Å². The van der Waals surface area contributed by atoms with Crippen LogP contribution in [0.3, 0.4) is 0 Å². The molecule has 0 aliphatic carbocycles. The molecule has 2 N–H and O–H groups in total. The minimum atomic E-state index is 0.289. The zero-order valence-corrected chi connectivity index (χ0v) is 10.5. The highest BCUT2D eigenvalue weighted by Gasteiger charge is 2.10.